The molecular weight excluding hydrogens is 267 g/mol. The lowest BCUT2D eigenvalue weighted by Gasteiger charge is -2.21. The molecule has 19 heavy (non-hydrogen) atoms. The van der Waals surface area contributed by atoms with E-state index in [1.165, 1.54) is 18.2 Å². The predicted molar refractivity (Wildman–Crippen MR) is 73.5 cm³/mol. The maximum atomic E-state index is 13.6. The number of nitrogens with one attached hydrogen (secondary N) is 1. The van der Waals surface area contributed by atoms with E-state index >= 15 is 0 Å². The number of hydrogen-bond donors (Lipinski definition) is 2. The highest BCUT2D eigenvalue weighted by Crippen LogP contribution is 2.20. The van der Waals surface area contributed by atoms with Gasteiger partial charge >= 0.3 is 0 Å². The van der Waals surface area contributed by atoms with E-state index < -0.39 is 15.8 Å². The normalized spacial score (nSPS) is 13.8. The van der Waals surface area contributed by atoms with Crippen molar-refractivity contribution in [3.8, 4) is 0 Å². The molecule has 1 aromatic carbocycles. The third-order valence-electron chi connectivity index (χ3n) is 3.12. The van der Waals surface area contributed by atoms with Gasteiger partial charge in [-0.2, -0.15) is 0 Å². The fourth-order valence-corrected chi connectivity index (χ4v) is 3.67. The summed E-state index contributed by atoms with van der Waals surface area (Å²) in [7, 11) is -3.75. The first-order valence-electron chi connectivity index (χ1n) is 6.33. The third kappa shape index (κ3) is 3.75. The first-order valence-corrected chi connectivity index (χ1v) is 7.81. The molecule has 0 aliphatic rings. The average Bonchev–Trinajstić information content (AvgIpc) is 2.35. The molecule has 0 saturated carbocycles. The van der Waals surface area contributed by atoms with Gasteiger partial charge in [-0.25, -0.2) is 17.5 Å². The van der Waals surface area contributed by atoms with Crippen molar-refractivity contribution in [2.75, 3.05) is 0 Å². The van der Waals surface area contributed by atoms with Crippen molar-refractivity contribution in [3.05, 3.63) is 29.6 Å². The van der Waals surface area contributed by atoms with Crippen LogP contribution in [0.3, 0.4) is 0 Å². The molecule has 3 N–H and O–H groups in total. The van der Waals surface area contributed by atoms with Gasteiger partial charge in [0.25, 0.3) is 0 Å². The van der Waals surface area contributed by atoms with Crippen molar-refractivity contribution in [1.82, 2.24) is 4.72 Å². The van der Waals surface area contributed by atoms with Crippen LogP contribution in [0.2, 0.25) is 0 Å². The second kappa shape index (κ2) is 6.45. The molecule has 1 aromatic rings. The molecule has 4 nitrogen and oxygen atoms in total. The number of hydrogen-bond acceptors (Lipinski definition) is 3. The summed E-state index contributed by atoms with van der Waals surface area (Å²) in [5.74, 6) is -0.433. The molecule has 0 heterocycles. The standard InChI is InChI=1S/C13H21FN2O2S/c1-4-12(9(2)3)16-19(17,18)13-7-5-6-11(14)10(13)8-15/h5-7,9,12,16H,4,8,15H2,1-3H3. The Morgan fingerprint density at radius 3 is 2.47 bits per heavy atom. The van der Waals surface area contributed by atoms with Gasteiger partial charge in [-0.3, -0.25) is 0 Å². The number of sulfonamides is 1. The largest absolute Gasteiger partial charge is 0.326 e. The number of nitrogens with two attached hydrogens (primary N) is 1. The SMILES string of the molecule is CCC(NS(=O)(=O)c1cccc(F)c1CN)C(C)C. The lowest BCUT2D eigenvalue weighted by atomic mass is 10.0. The van der Waals surface area contributed by atoms with Gasteiger partial charge < -0.3 is 5.73 Å². The molecule has 0 radical (unpaired) electrons. The summed E-state index contributed by atoms with van der Waals surface area (Å²) in [4.78, 5) is -0.0749. The van der Waals surface area contributed by atoms with Crippen LogP contribution in [0.25, 0.3) is 0 Å². The Hall–Kier alpha value is -0.980. The first kappa shape index (κ1) is 16.1. The summed E-state index contributed by atoms with van der Waals surface area (Å²) in [5.41, 5.74) is 5.46. The molecule has 0 aliphatic carbocycles. The van der Waals surface area contributed by atoms with Crippen LogP contribution in [-0.2, 0) is 16.6 Å². The highest BCUT2D eigenvalue weighted by molar-refractivity contribution is 7.89. The van der Waals surface area contributed by atoms with Crippen molar-refractivity contribution in [1.29, 1.82) is 0 Å². The van der Waals surface area contributed by atoms with Gasteiger partial charge in [0.05, 0.1) is 4.90 Å². The van der Waals surface area contributed by atoms with E-state index in [0.717, 1.165) is 0 Å². The summed E-state index contributed by atoms with van der Waals surface area (Å²) in [5, 5.41) is 0. The number of rotatable bonds is 6. The predicted octanol–water partition coefficient (Wildman–Crippen LogP) is 2.00. The van der Waals surface area contributed by atoms with E-state index in [2.05, 4.69) is 4.72 Å². The Labute approximate surface area is 114 Å². The zero-order chi connectivity index (χ0) is 14.6. The van der Waals surface area contributed by atoms with E-state index in [-0.39, 0.29) is 29.0 Å². The van der Waals surface area contributed by atoms with Crippen LogP contribution in [-0.4, -0.2) is 14.5 Å². The van der Waals surface area contributed by atoms with E-state index in [4.69, 9.17) is 5.73 Å². The fourth-order valence-electron chi connectivity index (χ4n) is 1.94. The topological polar surface area (TPSA) is 72.2 Å². The Bertz CT molecular complexity index is 529. The maximum Gasteiger partial charge on any atom is 0.241 e. The van der Waals surface area contributed by atoms with E-state index in [9.17, 15) is 12.8 Å². The highest BCUT2D eigenvalue weighted by Gasteiger charge is 2.24. The second-order valence-corrected chi connectivity index (χ2v) is 6.48. The van der Waals surface area contributed by atoms with Crippen molar-refractivity contribution >= 4 is 10.0 Å². The summed E-state index contributed by atoms with van der Waals surface area (Å²) >= 11 is 0. The third-order valence-corrected chi connectivity index (χ3v) is 4.70. The van der Waals surface area contributed by atoms with Gasteiger partial charge in [-0.15, -0.1) is 0 Å². The van der Waals surface area contributed by atoms with E-state index in [1.54, 1.807) is 0 Å². The Balaban J connectivity index is 3.17. The fraction of sp³-hybridized carbons (Fsp3) is 0.538. The van der Waals surface area contributed by atoms with Crippen LogP contribution >= 0.6 is 0 Å². The van der Waals surface area contributed by atoms with Crippen molar-refractivity contribution in [2.24, 2.45) is 11.7 Å². The molecular formula is C13H21FN2O2S. The molecule has 0 fully saturated rings. The molecule has 0 bridgehead atoms. The number of halogens is 1. The molecule has 1 unspecified atom stereocenters. The smallest absolute Gasteiger partial charge is 0.241 e. The summed E-state index contributed by atoms with van der Waals surface area (Å²) in [6.45, 7) is 5.63. The first-order chi connectivity index (χ1) is 8.83. The summed E-state index contributed by atoms with van der Waals surface area (Å²) < 4.78 is 40.8. The van der Waals surface area contributed by atoms with Gasteiger partial charge in [0.15, 0.2) is 0 Å². The number of benzene rings is 1. The highest BCUT2D eigenvalue weighted by atomic mass is 32.2. The molecule has 6 heteroatoms. The van der Waals surface area contributed by atoms with Gasteiger partial charge in [-0.1, -0.05) is 26.8 Å². The zero-order valence-electron chi connectivity index (χ0n) is 11.5. The molecule has 1 atom stereocenters. The molecule has 1 rings (SSSR count). The van der Waals surface area contributed by atoms with E-state index in [1.807, 2.05) is 20.8 Å². The van der Waals surface area contributed by atoms with Gasteiger partial charge in [0, 0.05) is 18.2 Å². The quantitative estimate of drug-likeness (QED) is 0.841. The van der Waals surface area contributed by atoms with Crippen LogP contribution in [0.15, 0.2) is 23.1 Å². The minimum atomic E-state index is -3.75. The van der Waals surface area contributed by atoms with Crippen molar-refractivity contribution in [3.63, 3.8) is 0 Å². The Kier molecular flexibility index (Phi) is 5.46. The van der Waals surface area contributed by atoms with Gasteiger partial charge in [0.1, 0.15) is 5.82 Å². The molecule has 108 valence electrons. The van der Waals surface area contributed by atoms with Crippen molar-refractivity contribution in [2.45, 2.75) is 44.7 Å². The average molecular weight is 288 g/mol. The molecule has 0 aliphatic heterocycles. The monoisotopic (exact) mass is 288 g/mol. The van der Waals surface area contributed by atoms with Gasteiger partial charge in [-0.05, 0) is 24.5 Å². The molecule has 0 spiro atoms. The molecule has 0 amide bonds. The lowest BCUT2D eigenvalue weighted by Crippen LogP contribution is -2.38. The minimum absolute atomic E-state index is 0.0219. The van der Waals surface area contributed by atoms with Crippen LogP contribution in [0.5, 0.6) is 0 Å². The Morgan fingerprint density at radius 1 is 1.37 bits per heavy atom. The molecule has 0 aromatic heterocycles. The second-order valence-electron chi connectivity index (χ2n) is 4.80. The van der Waals surface area contributed by atoms with Crippen LogP contribution < -0.4 is 10.5 Å². The lowest BCUT2D eigenvalue weighted by molar-refractivity contribution is 0.437. The Morgan fingerprint density at radius 2 is 2.00 bits per heavy atom. The van der Waals surface area contributed by atoms with Gasteiger partial charge in [0.2, 0.25) is 10.0 Å². The van der Waals surface area contributed by atoms with Crippen molar-refractivity contribution < 1.29 is 12.8 Å². The van der Waals surface area contributed by atoms with Crippen LogP contribution in [0.1, 0.15) is 32.8 Å². The summed E-state index contributed by atoms with van der Waals surface area (Å²) in [6.07, 6.45) is 0.671. The van der Waals surface area contributed by atoms with Crippen LogP contribution in [0, 0.1) is 11.7 Å². The summed E-state index contributed by atoms with van der Waals surface area (Å²) in [6, 6.07) is 3.78. The van der Waals surface area contributed by atoms with Crippen LogP contribution in [0.4, 0.5) is 4.39 Å². The minimum Gasteiger partial charge on any atom is -0.326 e. The molecule has 0 saturated heterocycles. The van der Waals surface area contributed by atoms with E-state index in [0.29, 0.717) is 6.42 Å². The zero-order valence-corrected chi connectivity index (χ0v) is 12.3. The maximum absolute atomic E-state index is 13.6.